The SMILES string of the molecule is N[C@H]1C(=O)N(Cc2ccc(Cl)c(Cl)c2)c2ccc(Br)cc21. The van der Waals surface area contributed by atoms with Gasteiger partial charge in [-0.25, -0.2) is 0 Å². The number of carbonyl (C=O) groups excluding carboxylic acids is 1. The van der Waals surface area contributed by atoms with Crippen molar-refractivity contribution in [3.63, 3.8) is 0 Å². The minimum absolute atomic E-state index is 0.117. The molecule has 0 unspecified atom stereocenters. The van der Waals surface area contributed by atoms with Crippen LogP contribution in [-0.2, 0) is 11.3 Å². The Hall–Kier alpha value is -1.07. The van der Waals surface area contributed by atoms with Crippen molar-refractivity contribution in [2.24, 2.45) is 5.73 Å². The molecular formula is C15H11BrCl2N2O. The van der Waals surface area contributed by atoms with Crippen molar-refractivity contribution in [3.8, 4) is 0 Å². The van der Waals surface area contributed by atoms with Crippen LogP contribution in [0, 0.1) is 0 Å². The Morgan fingerprint density at radius 2 is 1.90 bits per heavy atom. The molecule has 0 bridgehead atoms. The highest BCUT2D eigenvalue weighted by atomic mass is 79.9. The predicted octanol–water partition coefficient (Wildman–Crippen LogP) is 4.30. The minimum Gasteiger partial charge on any atom is -0.316 e. The molecule has 21 heavy (non-hydrogen) atoms. The van der Waals surface area contributed by atoms with Crippen molar-refractivity contribution in [1.29, 1.82) is 0 Å². The highest BCUT2D eigenvalue weighted by Gasteiger charge is 2.34. The zero-order chi connectivity index (χ0) is 15.1. The molecule has 3 rings (SSSR count). The number of fused-ring (bicyclic) bond motifs is 1. The second-order valence-corrected chi connectivity index (χ2v) is 6.58. The van der Waals surface area contributed by atoms with Gasteiger partial charge >= 0.3 is 0 Å². The van der Waals surface area contributed by atoms with Gasteiger partial charge in [0.25, 0.3) is 0 Å². The first-order valence-corrected chi connectivity index (χ1v) is 7.82. The van der Waals surface area contributed by atoms with E-state index in [1.54, 1.807) is 17.0 Å². The van der Waals surface area contributed by atoms with Gasteiger partial charge in [0.05, 0.1) is 16.6 Å². The van der Waals surface area contributed by atoms with Crippen LogP contribution >= 0.6 is 39.1 Å². The van der Waals surface area contributed by atoms with Crippen molar-refractivity contribution in [2.75, 3.05) is 4.90 Å². The van der Waals surface area contributed by atoms with Crippen molar-refractivity contribution in [2.45, 2.75) is 12.6 Å². The molecule has 0 radical (unpaired) electrons. The van der Waals surface area contributed by atoms with Gasteiger partial charge in [-0.3, -0.25) is 4.79 Å². The maximum absolute atomic E-state index is 12.4. The lowest BCUT2D eigenvalue weighted by Gasteiger charge is -2.18. The van der Waals surface area contributed by atoms with Crippen LogP contribution in [0.3, 0.4) is 0 Å². The van der Waals surface area contributed by atoms with Crippen LogP contribution in [0.25, 0.3) is 0 Å². The first-order valence-electron chi connectivity index (χ1n) is 6.27. The maximum atomic E-state index is 12.4. The number of nitrogens with zero attached hydrogens (tertiary/aromatic N) is 1. The second-order valence-electron chi connectivity index (χ2n) is 4.85. The number of benzene rings is 2. The molecule has 1 amide bonds. The van der Waals surface area contributed by atoms with Crippen molar-refractivity contribution in [1.82, 2.24) is 0 Å². The first kappa shape index (κ1) is 14.9. The van der Waals surface area contributed by atoms with E-state index >= 15 is 0 Å². The Morgan fingerprint density at radius 3 is 2.62 bits per heavy atom. The van der Waals surface area contributed by atoms with Crippen LogP contribution in [0.15, 0.2) is 40.9 Å². The van der Waals surface area contributed by atoms with Gasteiger partial charge in [-0.15, -0.1) is 0 Å². The number of anilines is 1. The molecule has 2 aromatic rings. The Balaban J connectivity index is 1.96. The minimum atomic E-state index is -0.625. The summed E-state index contributed by atoms with van der Waals surface area (Å²) >= 11 is 15.3. The van der Waals surface area contributed by atoms with E-state index in [0.29, 0.717) is 16.6 Å². The molecule has 3 nitrogen and oxygen atoms in total. The van der Waals surface area contributed by atoms with Crippen LogP contribution in [0.5, 0.6) is 0 Å². The highest BCUT2D eigenvalue weighted by molar-refractivity contribution is 9.10. The summed E-state index contributed by atoms with van der Waals surface area (Å²) in [5.74, 6) is -0.117. The number of carbonyl (C=O) groups is 1. The predicted molar refractivity (Wildman–Crippen MR) is 88.7 cm³/mol. The van der Waals surface area contributed by atoms with Gasteiger partial charge in [0.2, 0.25) is 5.91 Å². The summed E-state index contributed by atoms with van der Waals surface area (Å²) in [6.07, 6.45) is 0. The average molecular weight is 386 g/mol. The summed E-state index contributed by atoms with van der Waals surface area (Å²) in [6, 6.07) is 10.4. The van der Waals surface area contributed by atoms with E-state index in [9.17, 15) is 4.79 Å². The molecule has 2 aromatic carbocycles. The molecule has 0 saturated carbocycles. The van der Waals surface area contributed by atoms with Crippen molar-refractivity contribution < 1.29 is 4.79 Å². The van der Waals surface area contributed by atoms with Crippen LogP contribution in [0.4, 0.5) is 5.69 Å². The average Bonchev–Trinajstić information content (AvgIpc) is 2.68. The normalized spacial score (nSPS) is 17.2. The van der Waals surface area contributed by atoms with Gasteiger partial charge in [-0.1, -0.05) is 45.2 Å². The van der Waals surface area contributed by atoms with Crippen molar-refractivity contribution in [3.05, 3.63) is 62.0 Å². The van der Waals surface area contributed by atoms with Crippen molar-refractivity contribution >= 4 is 50.7 Å². The number of halogens is 3. The van der Waals surface area contributed by atoms with Gasteiger partial charge in [0.1, 0.15) is 6.04 Å². The fourth-order valence-corrected chi connectivity index (χ4v) is 3.12. The molecule has 0 spiro atoms. The third kappa shape index (κ3) is 2.69. The van der Waals surface area contributed by atoms with E-state index in [1.165, 1.54) is 0 Å². The summed E-state index contributed by atoms with van der Waals surface area (Å²) in [6.45, 7) is 0.415. The molecule has 6 heteroatoms. The first-order chi connectivity index (χ1) is 9.97. The zero-order valence-electron chi connectivity index (χ0n) is 10.8. The lowest BCUT2D eigenvalue weighted by molar-refractivity contribution is -0.119. The fourth-order valence-electron chi connectivity index (χ4n) is 2.42. The number of hydrogen-bond acceptors (Lipinski definition) is 2. The standard InChI is InChI=1S/C15H11BrCl2N2O/c16-9-2-4-13-10(6-9)14(19)15(21)20(13)7-8-1-3-11(17)12(18)5-8/h1-6,14H,7,19H2/t14-/m1/s1. The number of rotatable bonds is 2. The molecule has 1 aliphatic rings. The summed E-state index contributed by atoms with van der Waals surface area (Å²) in [4.78, 5) is 14.0. The summed E-state index contributed by atoms with van der Waals surface area (Å²) in [5.41, 5.74) is 8.56. The van der Waals surface area contributed by atoms with Gasteiger partial charge < -0.3 is 10.6 Å². The number of amides is 1. The summed E-state index contributed by atoms with van der Waals surface area (Å²) in [5, 5.41) is 0.968. The molecule has 1 atom stereocenters. The van der Waals surface area contributed by atoms with Gasteiger partial charge in [0, 0.05) is 15.7 Å². The Labute approximate surface area is 140 Å². The Bertz CT molecular complexity index is 736. The Kier molecular flexibility index (Phi) is 3.97. The monoisotopic (exact) mass is 384 g/mol. The van der Waals surface area contributed by atoms with Crippen LogP contribution < -0.4 is 10.6 Å². The molecular weight excluding hydrogens is 375 g/mol. The number of nitrogens with two attached hydrogens (primary N) is 1. The molecule has 0 fully saturated rings. The topological polar surface area (TPSA) is 46.3 Å². The molecule has 0 saturated heterocycles. The highest BCUT2D eigenvalue weighted by Crippen LogP contribution is 2.37. The van der Waals surface area contributed by atoms with E-state index in [4.69, 9.17) is 28.9 Å². The van der Waals surface area contributed by atoms with Gasteiger partial charge in [0.15, 0.2) is 0 Å². The smallest absolute Gasteiger partial charge is 0.248 e. The van der Waals surface area contributed by atoms with Gasteiger partial charge in [-0.2, -0.15) is 0 Å². The molecule has 1 aliphatic heterocycles. The zero-order valence-corrected chi connectivity index (χ0v) is 13.9. The molecule has 108 valence electrons. The van der Waals surface area contributed by atoms with E-state index < -0.39 is 6.04 Å². The van der Waals surface area contributed by atoms with Crippen LogP contribution in [0.2, 0.25) is 10.0 Å². The summed E-state index contributed by atoms with van der Waals surface area (Å²) < 4.78 is 0.904. The molecule has 0 aromatic heterocycles. The van der Waals surface area contributed by atoms with E-state index in [-0.39, 0.29) is 5.91 Å². The maximum Gasteiger partial charge on any atom is 0.248 e. The fraction of sp³-hybridized carbons (Fsp3) is 0.133. The molecule has 2 N–H and O–H groups in total. The van der Waals surface area contributed by atoms with Gasteiger partial charge in [-0.05, 0) is 35.9 Å². The number of hydrogen-bond donors (Lipinski definition) is 1. The molecule has 1 heterocycles. The third-order valence-electron chi connectivity index (χ3n) is 3.47. The quantitative estimate of drug-likeness (QED) is 0.837. The third-order valence-corrected chi connectivity index (χ3v) is 4.70. The van der Waals surface area contributed by atoms with E-state index in [0.717, 1.165) is 21.3 Å². The van der Waals surface area contributed by atoms with E-state index in [2.05, 4.69) is 15.9 Å². The summed E-state index contributed by atoms with van der Waals surface area (Å²) in [7, 11) is 0. The van der Waals surface area contributed by atoms with Crippen LogP contribution in [-0.4, -0.2) is 5.91 Å². The second kappa shape index (κ2) is 5.61. The molecule has 0 aliphatic carbocycles. The lowest BCUT2D eigenvalue weighted by Crippen LogP contribution is -2.31. The largest absolute Gasteiger partial charge is 0.316 e. The Morgan fingerprint density at radius 1 is 1.14 bits per heavy atom. The van der Waals surface area contributed by atoms with Crippen LogP contribution in [0.1, 0.15) is 17.2 Å². The lowest BCUT2D eigenvalue weighted by atomic mass is 10.1. The van der Waals surface area contributed by atoms with E-state index in [1.807, 2.05) is 24.3 Å².